The Hall–Kier alpha value is -2.70. The van der Waals surface area contributed by atoms with E-state index in [-0.39, 0.29) is 23.9 Å². The second-order valence-electron chi connectivity index (χ2n) is 6.44. The van der Waals surface area contributed by atoms with Gasteiger partial charge in [0, 0.05) is 26.1 Å². The van der Waals surface area contributed by atoms with Crippen molar-refractivity contribution in [2.24, 2.45) is 0 Å². The fraction of sp³-hybridized carbons (Fsp3) is 0.412. The highest BCUT2D eigenvalue weighted by molar-refractivity contribution is 5.94. The van der Waals surface area contributed by atoms with Crippen LogP contribution in [0, 0.1) is 0 Å². The van der Waals surface area contributed by atoms with Crippen LogP contribution < -0.4 is 0 Å². The minimum Gasteiger partial charge on any atom is -0.344 e. The SMILES string of the molecule is CN1C[C@@H]2CC[C@H](CC1=O)N2C(=O)c1cnnn1-c1ccccc1. The van der Waals surface area contributed by atoms with Crippen LogP contribution in [0.5, 0.6) is 0 Å². The third-order valence-corrected chi connectivity index (χ3v) is 4.94. The fourth-order valence-corrected chi connectivity index (χ4v) is 3.72. The van der Waals surface area contributed by atoms with Crippen molar-refractivity contribution in [1.82, 2.24) is 24.8 Å². The van der Waals surface area contributed by atoms with Crippen LogP contribution in [0.4, 0.5) is 0 Å². The van der Waals surface area contributed by atoms with Crippen molar-refractivity contribution >= 4 is 11.8 Å². The third-order valence-electron chi connectivity index (χ3n) is 4.94. The van der Waals surface area contributed by atoms with Gasteiger partial charge < -0.3 is 9.80 Å². The zero-order valence-electron chi connectivity index (χ0n) is 13.5. The molecular formula is C17H19N5O2. The molecule has 2 bridgehead atoms. The van der Waals surface area contributed by atoms with Gasteiger partial charge in [-0.15, -0.1) is 5.10 Å². The molecule has 2 amide bonds. The highest BCUT2D eigenvalue weighted by Crippen LogP contribution is 2.31. The number of likely N-dealkylation sites (tertiary alicyclic amines) is 1. The predicted octanol–water partition coefficient (Wildman–Crippen LogP) is 1.10. The van der Waals surface area contributed by atoms with Crippen LogP contribution in [-0.4, -0.2) is 62.3 Å². The maximum absolute atomic E-state index is 13.2. The molecule has 1 aromatic carbocycles. The summed E-state index contributed by atoms with van der Waals surface area (Å²) in [6.07, 6.45) is 3.71. The van der Waals surface area contributed by atoms with Gasteiger partial charge in [-0.1, -0.05) is 23.4 Å². The van der Waals surface area contributed by atoms with Gasteiger partial charge in [0.25, 0.3) is 5.91 Å². The Morgan fingerprint density at radius 1 is 1.17 bits per heavy atom. The number of hydrogen-bond donors (Lipinski definition) is 0. The number of benzene rings is 1. The number of likely N-dealkylation sites (N-methyl/N-ethyl adjacent to an activating group) is 1. The molecule has 7 nitrogen and oxygen atoms in total. The van der Waals surface area contributed by atoms with Gasteiger partial charge in [0.05, 0.1) is 17.9 Å². The molecule has 124 valence electrons. The number of aromatic nitrogens is 3. The molecule has 2 atom stereocenters. The molecule has 4 rings (SSSR count). The molecule has 0 unspecified atom stereocenters. The summed E-state index contributed by atoms with van der Waals surface area (Å²) in [5, 5.41) is 7.99. The van der Waals surface area contributed by atoms with E-state index in [1.165, 1.54) is 6.20 Å². The third kappa shape index (κ3) is 2.36. The van der Waals surface area contributed by atoms with E-state index in [2.05, 4.69) is 10.3 Å². The fourth-order valence-electron chi connectivity index (χ4n) is 3.72. The van der Waals surface area contributed by atoms with Gasteiger partial charge in [0.2, 0.25) is 5.91 Å². The van der Waals surface area contributed by atoms with Gasteiger partial charge in [-0.05, 0) is 25.0 Å². The number of amides is 2. The summed E-state index contributed by atoms with van der Waals surface area (Å²) >= 11 is 0. The highest BCUT2D eigenvalue weighted by atomic mass is 16.2. The van der Waals surface area contributed by atoms with Crippen LogP contribution in [0.3, 0.4) is 0 Å². The number of nitrogens with zero attached hydrogens (tertiary/aromatic N) is 5. The van der Waals surface area contributed by atoms with Crippen LogP contribution in [0.2, 0.25) is 0 Å². The summed E-state index contributed by atoms with van der Waals surface area (Å²) in [6, 6.07) is 9.53. The Bertz CT molecular complexity index is 772. The largest absolute Gasteiger partial charge is 0.344 e. The molecule has 1 aromatic heterocycles. The van der Waals surface area contributed by atoms with E-state index in [0.717, 1.165) is 18.5 Å². The molecule has 7 heteroatoms. The highest BCUT2D eigenvalue weighted by Gasteiger charge is 2.43. The van der Waals surface area contributed by atoms with Gasteiger partial charge in [0.1, 0.15) is 0 Å². The summed E-state index contributed by atoms with van der Waals surface area (Å²) in [4.78, 5) is 28.9. The Kier molecular flexibility index (Phi) is 3.55. The standard InChI is InChI=1S/C17H19N5O2/c1-20-11-14-8-7-13(9-16(20)23)21(14)17(24)15-10-18-19-22(15)12-5-3-2-4-6-12/h2-6,10,13-14H,7-9,11H2,1H3/t13-,14+/m1/s1. The smallest absolute Gasteiger partial charge is 0.274 e. The summed E-state index contributed by atoms with van der Waals surface area (Å²) < 4.78 is 1.57. The number of para-hydroxylation sites is 1. The van der Waals surface area contributed by atoms with Crippen LogP contribution >= 0.6 is 0 Å². The average molecular weight is 325 g/mol. The summed E-state index contributed by atoms with van der Waals surface area (Å²) in [6.45, 7) is 0.591. The predicted molar refractivity (Wildman–Crippen MR) is 86.6 cm³/mol. The maximum atomic E-state index is 13.2. The lowest BCUT2D eigenvalue weighted by Gasteiger charge is -2.28. The van der Waals surface area contributed by atoms with Crippen molar-refractivity contribution in [1.29, 1.82) is 0 Å². The van der Waals surface area contributed by atoms with Gasteiger partial charge in [-0.3, -0.25) is 9.59 Å². The summed E-state index contributed by atoms with van der Waals surface area (Å²) in [5.41, 5.74) is 1.24. The van der Waals surface area contributed by atoms with E-state index >= 15 is 0 Å². The molecule has 0 aliphatic carbocycles. The van der Waals surface area contributed by atoms with E-state index < -0.39 is 0 Å². The Morgan fingerprint density at radius 2 is 1.92 bits per heavy atom. The van der Waals surface area contributed by atoms with E-state index in [0.29, 0.717) is 18.7 Å². The van der Waals surface area contributed by atoms with Crippen LogP contribution in [-0.2, 0) is 4.79 Å². The zero-order chi connectivity index (χ0) is 16.7. The quantitative estimate of drug-likeness (QED) is 0.829. The normalized spacial score (nSPS) is 23.5. The monoisotopic (exact) mass is 325 g/mol. The van der Waals surface area contributed by atoms with Crippen LogP contribution in [0.25, 0.3) is 5.69 Å². The number of fused-ring (bicyclic) bond motifs is 2. The second kappa shape index (κ2) is 5.74. The first-order valence-corrected chi connectivity index (χ1v) is 8.18. The minimum atomic E-state index is -0.0977. The maximum Gasteiger partial charge on any atom is 0.274 e. The van der Waals surface area contributed by atoms with Crippen LogP contribution in [0.1, 0.15) is 29.8 Å². The first-order valence-electron chi connectivity index (χ1n) is 8.18. The first-order chi connectivity index (χ1) is 11.6. The number of rotatable bonds is 2. The Labute approximate surface area is 139 Å². The summed E-state index contributed by atoms with van der Waals surface area (Å²) in [7, 11) is 1.81. The zero-order valence-corrected chi connectivity index (χ0v) is 13.5. The van der Waals surface area contributed by atoms with E-state index in [9.17, 15) is 9.59 Å². The minimum absolute atomic E-state index is 0.0286. The molecule has 2 saturated heterocycles. The molecule has 0 saturated carbocycles. The van der Waals surface area contributed by atoms with Crippen molar-refractivity contribution in [2.75, 3.05) is 13.6 Å². The number of carbonyl (C=O) groups excluding carboxylic acids is 2. The van der Waals surface area contributed by atoms with Gasteiger partial charge in [-0.2, -0.15) is 0 Å². The summed E-state index contributed by atoms with van der Waals surface area (Å²) in [5.74, 6) is 0.00847. The lowest BCUT2D eigenvalue weighted by Crippen LogP contribution is -2.43. The lowest BCUT2D eigenvalue weighted by atomic mass is 10.1. The Morgan fingerprint density at radius 3 is 2.71 bits per heavy atom. The van der Waals surface area contributed by atoms with Crippen LogP contribution in [0.15, 0.2) is 36.5 Å². The van der Waals surface area contributed by atoms with Crippen molar-refractivity contribution in [3.63, 3.8) is 0 Å². The van der Waals surface area contributed by atoms with Gasteiger partial charge in [0.15, 0.2) is 5.69 Å². The second-order valence-corrected chi connectivity index (χ2v) is 6.44. The first kappa shape index (κ1) is 14.9. The van der Waals surface area contributed by atoms with E-state index in [4.69, 9.17) is 0 Å². The van der Waals surface area contributed by atoms with E-state index in [1.807, 2.05) is 42.3 Å². The molecule has 24 heavy (non-hydrogen) atoms. The lowest BCUT2D eigenvalue weighted by molar-refractivity contribution is -0.130. The molecular weight excluding hydrogens is 306 g/mol. The van der Waals surface area contributed by atoms with Crippen molar-refractivity contribution in [2.45, 2.75) is 31.3 Å². The molecule has 0 radical (unpaired) electrons. The molecule has 2 aliphatic heterocycles. The molecule has 2 aromatic rings. The molecule has 2 aliphatic rings. The van der Waals surface area contributed by atoms with E-state index in [1.54, 1.807) is 9.58 Å². The number of hydrogen-bond acceptors (Lipinski definition) is 4. The van der Waals surface area contributed by atoms with Crippen molar-refractivity contribution in [3.05, 3.63) is 42.2 Å². The van der Waals surface area contributed by atoms with Gasteiger partial charge in [-0.25, -0.2) is 4.68 Å². The molecule has 2 fully saturated rings. The Balaban J connectivity index is 1.68. The average Bonchev–Trinajstić information content (AvgIpc) is 3.19. The topological polar surface area (TPSA) is 71.3 Å². The molecule has 0 N–H and O–H groups in total. The van der Waals surface area contributed by atoms with Gasteiger partial charge >= 0.3 is 0 Å². The van der Waals surface area contributed by atoms with Crippen molar-refractivity contribution < 1.29 is 9.59 Å². The molecule has 0 spiro atoms. The van der Waals surface area contributed by atoms with Crippen molar-refractivity contribution in [3.8, 4) is 5.69 Å². The molecule has 3 heterocycles. The number of carbonyl (C=O) groups is 2.